The van der Waals surface area contributed by atoms with E-state index in [-0.39, 0.29) is 5.92 Å². The van der Waals surface area contributed by atoms with Crippen molar-refractivity contribution in [3.8, 4) is 0 Å². The first-order chi connectivity index (χ1) is 8.97. The van der Waals surface area contributed by atoms with Crippen LogP contribution in [-0.2, 0) is 11.2 Å². The van der Waals surface area contributed by atoms with Crippen LogP contribution in [0.1, 0.15) is 52.1 Å². The van der Waals surface area contributed by atoms with Crippen LogP contribution < -0.4 is 0 Å². The van der Waals surface area contributed by atoms with Gasteiger partial charge in [-0.3, -0.25) is 9.78 Å². The predicted molar refractivity (Wildman–Crippen MR) is 77.9 cm³/mol. The number of hydrogen-bond acceptors (Lipinski definition) is 2. The quantitative estimate of drug-likeness (QED) is 0.819. The van der Waals surface area contributed by atoms with Gasteiger partial charge in [-0.2, -0.15) is 0 Å². The summed E-state index contributed by atoms with van der Waals surface area (Å²) in [6, 6.07) is 5.79. The lowest BCUT2D eigenvalue weighted by atomic mass is 9.69. The van der Waals surface area contributed by atoms with Gasteiger partial charge in [0.1, 0.15) is 5.78 Å². The molecule has 1 aliphatic rings. The highest BCUT2D eigenvalue weighted by Crippen LogP contribution is 2.40. The summed E-state index contributed by atoms with van der Waals surface area (Å²) >= 11 is 0. The first kappa shape index (κ1) is 14.2. The summed E-state index contributed by atoms with van der Waals surface area (Å²) in [5.41, 5.74) is 1.29. The second-order valence-electron chi connectivity index (χ2n) is 6.88. The van der Waals surface area contributed by atoms with Crippen LogP contribution in [-0.4, -0.2) is 10.8 Å². The molecule has 0 radical (unpaired) electrons. The highest BCUT2D eigenvalue weighted by atomic mass is 16.1. The van der Waals surface area contributed by atoms with Crippen molar-refractivity contribution >= 4 is 5.78 Å². The lowest BCUT2D eigenvalue weighted by Gasteiger charge is -2.36. The van der Waals surface area contributed by atoms with E-state index in [4.69, 9.17) is 0 Å². The largest absolute Gasteiger partial charge is 0.299 e. The minimum atomic E-state index is 0.264. The van der Waals surface area contributed by atoms with Crippen molar-refractivity contribution in [1.29, 1.82) is 0 Å². The average molecular weight is 259 g/mol. The number of hydrogen-bond donors (Lipinski definition) is 0. The average Bonchev–Trinajstić information content (AvgIpc) is 2.39. The molecule has 1 fully saturated rings. The van der Waals surface area contributed by atoms with Gasteiger partial charge in [0.15, 0.2) is 0 Å². The maximum absolute atomic E-state index is 12.3. The van der Waals surface area contributed by atoms with E-state index in [1.54, 1.807) is 6.20 Å². The summed E-state index contributed by atoms with van der Waals surface area (Å²) in [7, 11) is 0. The van der Waals surface area contributed by atoms with E-state index in [0.717, 1.165) is 24.5 Å². The summed E-state index contributed by atoms with van der Waals surface area (Å²) in [5.74, 6) is 1.41. The number of aromatic nitrogens is 1. The van der Waals surface area contributed by atoms with Gasteiger partial charge >= 0.3 is 0 Å². The van der Waals surface area contributed by atoms with Gasteiger partial charge < -0.3 is 0 Å². The monoisotopic (exact) mass is 259 g/mol. The van der Waals surface area contributed by atoms with Crippen molar-refractivity contribution < 1.29 is 4.79 Å². The Bertz CT molecular complexity index is 411. The molecule has 0 atom stereocenters. The summed E-state index contributed by atoms with van der Waals surface area (Å²) in [6.45, 7) is 6.94. The van der Waals surface area contributed by atoms with Crippen molar-refractivity contribution in [3.05, 3.63) is 30.1 Å². The van der Waals surface area contributed by atoms with Crippen LogP contribution in [0.15, 0.2) is 24.4 Å². The molecule has 1 aromatic heterocycles. The van der Waals surface area contributed by atoms with Gasteiger partial charge in [-0.05, 0) is 49.1 Å². The van der Waals surface area contributed by atoms with Gasteiger partial charge in [0.05, 0.1) is 0 Å². The van der Waals surface area contributed by atoms with E-state index >= 15 is 0 Å². The van der Waals surface area contributed by atoms with Crippen LogP contribution in [0.3, 0.4) is 0 Å². The van der Waals surface area contributed by atoms with Crippen LogP contribution >= 0.6 is 0 Å². The Kier molecular flexibility index (Phi) is 4.38. The Morgan fingerprint density at radius 3 is 2.42 bits per heavy atom. The molecule has 1 heterocycles. The molecule has 19 heavy (non-hydrogen) atoms. The summed E-state index contributed by atoms with van der Waals surface area (Å²) in [4.78, 5) is 16.5. The molecule has 1 aliphatic carbocycles. The van der Waals surface area contributed by atoms with Crippen molar-refractivity contribution in [2.24, 2.45) is 17.3 Å². The molecule has 1 saturated carbocycles. The summed E-state index contributed by atoms with van der Waals surface area (Å²) < 4.78 is 0. The molecule has 0 N–H and O–H groups in total. The third-order valence-electron chi connectivity index (χ3n) is 4.49. The van der Waals surface area contributed by atoms with E-state index in [2.05, 4.69) is 25.8 Å². The number of carbonyl (C=O) groups is 1. The Labute approximate surface area is 116 Å². The minimum absolute atomic E-state index is 0.264. The standard InChI is InChI=1S/C17H25NO/c1-17(2,3)14-9-7-13(8-10-14)16(19)12-15-6-4-5-11-18-15/h4-6,11,13-14H,7-10,12H2,1-3H3. The Morgan fingerprint density at radius 2 is 1.89 bits per heavy atom. The lowest BCUT2D eigenvalue weighted by Crippen LogP contribution is -2.29. The molecule has 2 heteroatoms. The smallest absolute Gasteiger partial charge is 0.141 e. The highest BCUT2D eigenvalue weighted by Gasteiger charge is 2.32. The molecular weight excluding hydrogens is 234 g/mol. The molecule has 0 saturated heterocycles. The van der Waals surface area contributed by atoms with E-state index in [1.807, 2.05) is 18.2 Å². The number of Topliss-reactive ketones (excluding diaryl/α,β-unsaturated/α-hetero) is 1. The molecule has 0 aromatic carbocycles. The van der Waals surface area contributed by atoms with Gasteiger partial charge in [0.25, 0.3) is 0 Å². The fraction of sp³-hybridized carbons (Fsp3) is 0.647. The van der Waals surface area contributed by atoms with E-state index in [0.29, 0.717) is 17.6 Å². The van der Waals surface area contributed by atoms with E-state index in [1.165, 1.54) is 12.8 Å². The van der Waals surface area contributed by atoms with Crippen LogP contribution in [0.5, 0.6) is 0 Å². The van der Waals surface area contributed by atoms with Crippen molar-refractivity contribution in [1.82, 2.24) is 4.98 Å². The summed E-state index contributed by atoms with van der Waals surface area (Å²) in [6.07, 6.45) is 6.79. The van der Waals surface area contributed by atoms with Crippen molar-refractivity contribution in [2.75, 3.05) is 0 Å². The fourth-order valence-corrected chi connectivity index (χ4v) is 3.11. The number of nitrogens with zero attached hydrogens (tertiary/aromatic N) is 1. The summed E-state index contributed by atoms with van der Waals surface area (Å²) in [5, 5.41) is 0. The molecule has 2 nitrogen and oxygen atoms in total. The number of pyridine rings is 1. The van der Waals surface area contributed by atoms with Crippen LogP contribution in [0, 0.1) is 17.3 Å². The second-order valence-corrected chi connectivity index (χ2v) is 6.88. The first-order valence-corrected chi connectivity index (χ1v) is 7.39. The van der Waals surface area contributed by atoms with Gasteiger partial charge in [0, 0.05) is 24.2 Å². The predicted octanol–water partition coefficient (Wildman–Crippen LogP) is 4.05. The topological polar surface area (TPSA) is 30.0 Å². The van der Waals surface area contributed by atoms with E-state index in [9.17, 15) is 4.79 Å². The molecule has 0 unspecified atom stereocenters. The zero-order valence-corrected chi connectivity index (χ0v) is 12.4. The maximum atomic E-state index is 12.3. The third kappa shape index (κ3) is 3.89. The molecular formula is C17H25NO. The zero-order valence-electron chi connectivity index (χ0n) is 12.4. The van der Waals surface area contributed by atoms with Crippen LogP contribution in [0.25, 0.3) is 0 Å². The highest BCUT2D eigenvalue weighted by molar-refractivity contribution is 5.82. The maximum Gasteiger partial charge on any atom is 0.141 e. The van der Waals surface area contributed by atoms with Crippen molar-refractivity contribution in [2.45, 2.75) is 52.9 Å². The molecule has 1 aromatic rings. The lowest BCUT2D eigenvalue weighted by molar-refractivity contribution is -0.123. The Morgan fingerprint density at radius 1 is 1.21 bits per heavy atom. The van der Waals surface area contributed by atoms with Crippen LogP contribution in [0.2, 0.25) is 0 Å². The first-order valence-electron chi connectivity index (χ1n) is 7.39. The number of ketones is 1. The van der Waals surface area contributed by atoms with Gasteiger partial charge in [-0.15, -0.1) is 0 Å². The van der Waals surface area contributed by atoms with Gasteiger partial charge in [0.2, 0.25) is 0 Å². The number of carbonyl (C=O) groups excluding carboxylic acids is 1. The molecule has 2 rings (SSSR count). The van der Waals surface area contributed by atoms with Crippen molar-refractivity contribution in [3.63, 3.8) is 0 Å². The number of rotatable bonds is 3. The van der Waals surface area contributed by atoms with Crippen LogP contribution in [0.4, 0.5) is 0 Å². The van der Waals surface area contributed by atoms with E-state index < -0.39 is 0 Å². The molecule has 0 bridgehead atoms. The molecule has 0 aliphatic heterocycles. The Balaban J connectivity index is 1.86. The zero-order chi connectivity index (χ0) is 13.9. The molecule has 0 spiro atoms. The molecule has 0 amide bonds. The minimum Gasteiger partial charge on any atom is -0.299 e. The van der Waals surface area contributed by atoms with Gasteiger partial charge in [-0.1, -0.05) is 26.8 Å². The Hall–Kier alpha value is -1.18. The third-order valence-corrected chi connectivity index (χ3v) is 4.49. The normalized spacial score (nSPS) is 24.2. The second kappa shape index (κ2) is 5.85. The molecule has 104 valence electrons. The van der Waals surface area contributed by atoms with Gasteiger partial charge in [-0.25, -0.2) is 0 Å². The SMILES string of the molecule is CC(C)(C)C1CCC(C(=O)Cc2ccccn2)CC1. The fourth-order valence-electron chi connectivity index (χ4n) is 3.11.